The maximum atomic E-state index is 5.65. The predicted molar refractivity (Wildman–Crippen MR) is 102 cm³/mol. The van der Waals surface area contributed by atoms with Gasteiger partial charge in [0.05, 0.1) is 19.5 Å². The molecule has 26 heavy (non-hydrogen) atoms. The first-order valence-corrected chi connectivity index (χ1v) is 9.46. The number of aliphatic imine (C=N–C) groups is 1. The minimum absolute atomic E-state index is 0.345. The Morgan fingerprint density at radius 3 is 3.12 bits per heavy atom. The first-order chi connectivity index (χ1) is 12.8. The lowest BCUT2D eigenvalue weighted by atomic mass is 9.87. The van der Waals surface area contributed by atoms with Crippen LogP contribution in [0.15, 0.2) is 48.0 Å². The molecule has 2 aliphatic heterocycles. The molecule has 6 heteroatoms. The quantitative estimate of drug-likeness (QED) is 0.678. The summed E-state index contributed by atoms with van der Waals surface area (Å²) in [5.41, 5.74) is 2.66. The Bertz CT molecular complexity index is 749. The van der Waals surface area contributed by atoms with E-state index >= 15 is 0 Å². The lowest BCUT2D eigenvalue weighted by Gasteiger charge is -2.25. The molecule has 138 valence electrons. The van der Waals surface area contributed by atoms with Gasteiger partial charge < -0.3 is 19.5 Å². The van der Waals surface area contributed by atoms with Crippen molar-refractivity contribution in [3.63, 3.8) is 0 Å². The summed E-state index contributed by atoms with van der Waals surface area (Å²) in [5.74, 6) is 1.02. The van der Waals surface area contributed by atoms with Crippen molar-refractivity contribution in [2.24, 2.45) is 10.4 Å². The van der Waals surface area contributed by atoms with Crippen LogP contribution in [0.2, 0.25) is 0 Å². The molecule has 1 spiro atoms. The number of nitrogens with one attached hydrogen (secondary N) is 1. The van der Waals surface area contributed by atoms with Crippen molar-refractivity contribution in [2.45, 2.75) is 26.3 Å². The van der Waals surface area contributed by atoms with Crippen LogP contribution < -0.4 is 5.32 Å². The zero-order chi connectivity index (χ0) is 17.8. The van der Waals surface area contributed by atoms with Crippen LogP contribution in [0.1, 0.15) is 25.3 Å². The van der Waals surface area contributed by atoms with Crippen molar-refractivity contribution < 1.29 is 4.74 Å². The fourth-order valence-electron chi connectivity index (χ4n) is 3.91. The fraction of sp³-hybridized carbons (Fsp3) is 0.500. The Balaban J connectivity index is 1.47. The number of rotatable bonds is 4. The van der Waals surface area contributed by atoms with E-state index in [1.807, 2.05) is 17.1 Å². The highest BCUT2D eigenvalue weighted by molar-refractivity contribution is 5.80. The van der Waals surface area contributed by atoms with Gasteiger partial charge in [-0.05, 0) is 37.5 Å². The summed E-state index contributed by atoms with van der Waals surface area (Å²) in [6.45, 7) is 7.59. The number of nitrogens with zero attached hydrogens (tertiary/aromatic N) is 4. The summed E-state index contributed by atoms with van der Waals surface area (Å²) in [4.78, 5) is 11.4. The van der Waals surface area contributed by atoms with E-state index in [-0.39, 0.29) is 0 Å². The van der Waals surface area contributed by atoms with Crippen LogP contribution >= 0.6 is 0 Å². The minimum Gasteiger partial charge on any atom is -0.381 e. The Hall–Kier alpha value is -2.34. The molecular weight excluding hydrogens is 326 g/mol. The van der Waals surface area contributed by atoms with Crippen LogP contribution in [0.3, 0.4) is 0 Å². The molecule has 1 unspecified atom stereocenters. The summed E-state index contributed by atoms with van der Waals surface area (Å²) in [6.07, 6.45) is 7.95. The molecule has 1 aromatic heterocycles. The number of aromatic nitrogens is 2. The third-order valence-electron chi connectivity index (χ3n) is 5.38. The van der Waals surface area contributed by atoms with Gasteiger partial charge in [0.15, 0.2) is 5.96 Å². The zero-order valence-corrected chi connectivity index (χ0v) is 15.4. The molecule has 2 saturated heterocycles. The lowest BCUT2D eigenvalue weighted by molar-refractivity contribution is 0.156. The van der Waals surface area contributed by atoms with Crippen molar-refractivity contribution in [3.8, 4) is 5.69 Å². The maximum absolute atomic E-state index is 5.65. The van der Waals surface area contributed by atoms with Gasteiger partial charge in [-0.1, -0.05) is 12.1 Å². The van der Waals surface area contributed by atoms with Crippen LogP contribution in [-0.4, -0.2) is 53.3 Å². The lowest BCUT2D eigenvalue weighted by Crippen LogP contribution is -2.41. The largest absolute Gasteiger partial charge is 0.381 e. The number of likely N-dealkylation sites (tertiary alicyclic amines) is 1. The van der Waals surface area contributed by atoms with E-state index in [4.69, 9.17) is 9.73 Å². The number of guanidine groups is 1. The topological polar surface area (TPSA) is 54.7 Å². The summed E-state index contributed by atoms with van der Waals surface area (Å²) in [6, 6.07) is 8.47. The average Bonchev–Trinajstić information content (AvgIpc) is 3.43. The average molecular weight is 353 g/mol. The molecule has 4 rings (SSSR count). The van der Waals surface area contributed by atoms with Gasteiger partial charge in [0.25, 0.3) is 0 Å². The number of hydrogen-bond acceptors (Lipinski definition) is 3. The summed E-state index contributed by atoms with van der Waals surface area (Å²) >= 11 is 0. The third kappa shape index (κ3) is 3.60. The predicted octanol–water partition coefficient (Wildman–Crippen LogP) is 2.45. The van der Waals surface area contributed by atoms with Gasteiger partial charge in [0, 0.05) is 49.7 Å². The van der Waals surface area contributed by atoms with Gasteiger partial charge in [0.1, 0.15) is 0 Å². The van der Waals surface area contributed by atoms with Gasteiger partial charge in [-0.15, -0.1) is 0 Å². The maximum Gasteiger partial charge on any atom is 0.194 e. The van der Waals surface area contributed by atoms with Gasteiger partial charge >= 0.3 is 0 Å². The minimum atomic E-state index is 0.345. The van der Waals surface area contributed by atoms with Gasteiger partial charge in [-0.2, -0.15) is 0 Å². The van der Waals surface area contributed by atoms with Crippen LogP contribution in [0.25, 0.3) is 5.69 Å². The van der Waals surface area contributed by atoms with Crippen LogP contribution in [-0.2, 0) is 11.3 Å². The molecule has 1 aromatic carbocycles. The second-order valence-corrected chi connectivity index (χ2v) is 7.28. The summed E-state index contributed by atoms with van der Waals surface area (Å²) in [5, 5.41) is 3.46. The smallest absolute Gasteiger partial charge is 0.194 e. The van der Waals surface area contributed by atoms with E-state index in [0.29, 0.717) is 12.0 Å². The van der Waals surface area contributed by atoms with E-state index in [2.05, 4.69) is 46.4 Å². The molecule has 0 bridgehead atoms. The highest BCUT2D eigenvalue weighted by Gasteiger charge is 2.42. The number of imidazole rings is 1. The zero-order valence-electron chi connectivity index (χ0n) is 15.4. The molecule has 0 amide bonds. The Kier molecular flexibility index (Phi) is 4.93. The van der Waals surface area contributed by atoms with Crippen molar-refractivity contribution in [3.05, 3.63) is 48.5 Å². The van der Waals surface area contributed by atoms with E-state index in [9.17, 15) is 0 Å². The molecular formula is C20H27N5O. The van der Waals surface area contributed by atoms with E-state index in [1.54, 1.807) is 6.20 Å². The molecule has 0 saturated carbocycles. The first-order valence-electron chi connectivity index (χ1n) is 9.46. The summed E-state index contributed by atoms with van der Waals surface area (Å²) in [7, 11) is 0. The Morgan fingerprint density at radius 1 is 1.38 bits per heavy atom. The van der Waals surface area contributed by atoms with E-state index in [1.165, 1.54) is 18.4 Å². The van der Waals surface area contributed by atoms with Crippen molar-refractivity contribution >= 4 is 5.96 Å². The second kappa shape index (κ2) is 7.50. The van der Waals surface area contributed by atoms with E-state index < -0.39 is 0 Å². The van der Waals surface area contributed by atoms with Crippen molar-refractivity contribution in [2.75, 3.05) is 32.8 Å². The van der Waals surface area contributed by atoms with Crippen molar-refractivity contribution in [1.82, 2.24) is 19.8 Å². The highest BCUT2D eigenvalue weighted by Crippen LogP contribution is 2.38. The second-order valence-electron chi connectivity index (χ2n) is 7.28. The molecule has 2 aromatic rings. The Morgan fingerprint density at radius 2 is 2.35 bits per heavy atom. The Labute approximate surface area is 154 Å². The van der Waals surface area contributed by atoms with Gasteiger partial charge in [-0.3, -0.25) is 0 Å². The molecule has 3 heterocycles. The molecule has 6 nitrogen and oxygen atoms in total. The van der Waals surface area contributed by atoms with Gasteiger partial charge in [-0.25, -0.2) is 9.98 Å². The van der Waals surface area contributed by atoms with Crippen LogP contribution in [0.4, 0.5) is 0 Å². The monoisotopic (exact) mass is 353 g/mol. The molecule has 0 aliphatic carbocycles. The molecule has 2 aliphatic rings. The van der Waals surface area contributed by atoms with Crippen LogP contribution in [0.5, 0.6) is 0 Å². The van der Waals surface area contributed by atoms with Gasteiger partial charge in [0.2, 0.25) is 0 Å². The third-order valence-corrected chi connectivity index (χ3v) is 5.38. The SMILES string of the molecule is CCNC(=NCc1cccc(-n2ccnc2)c1)N1CCC2(CCOC2)C1. The van der Waals surface area contributed by atoms with Crippen molar-refractivity contribution in [1.29, 1.82) is 0 Å². The molecule has 2 fully saturated rings. The first kappa shape index (κ1) is 17.1. The fourth-order valence-corrected chi connectivity index (χ4v) is 3.91. The molecule has 1 N–H and O–H groups in total. The number of hydrogen-bond donors (Lipinski definition) is 1. The van der Waals surface area contributed by atoms with E-state index in [0.717, 1.165) is 44.5 Å². The number of ether oxygens (including phenoxy) is 1. The molecule has 1 atom stereocenters. The number of benzene rings is 1. The normalized spacial score (nSPS) is 23.1. The summed E-state index contributed by atoms with van der Waals surface area (Å²) < 4.78 is 7.67. The standard InChI is InChI=1S/C20H27N5O/c1-2-22-19(24-9-6-20(14-24)7-11-26-15-20)23-13-17-4-3-5-18(12-17)25-10-8-21-16-25/h3-5,8,10,12,16H,2,6-7,9,11,13-15H2,1H3,(H,22,23). The highest BCUT2D eigenvalue weighted by atomic mass is 16.5. The molecule has 0 radical (unpaired) electrons. The van der Waals surface area contributed by atoms with Crippen LogP contribution in [0, 0.1) is 5.41 Å².